The Morgan fingerprint density at radius 3 is 2.26 bits per heavy atom. The fourth-order valence-corrected chi connectivity index (χ4v) is 3.67. The van der Waals surface area contributed by atoms with E-state index in [1.54, 1.807) is 0 Å². The van der Waals surface area contributed by atoms with Crippen LogP contribution < -0.4 is 9.64 Å². The molecule has 3 aromatic rings. The number of hydrogen-bond donors (Lipinski definition) is 0. The van der Waals surface area contributed by atoms with E-state index in [4.69, 9.17) is 16.3 Å². The second kappa shape index (κ2) is 4.77. The molecule has 2 heterocycles. The van der Waals surface area contributed by atoms with Crippen molar-refractivity contribution in [3.8, 4) is 11.5 Å². The van der Waals surface area contributed by atoms with E-state index in [2.05, 4.69) is 41.3 Å². The Kier molecular flexibility index (Phi) is 2.70. The largest absolute Gasteiger partial charge is 0.455 e. The summed E-state index contributed by atoms with van der Waals surface area (Å²) in [5, 5.41) is 0.772. The van der Waals surface area contributed by atoms with Gasteiger partial charge in [0.15, 0.2) is 5.75 Å². The average Bonchev–Trinajstić information content (AvgIpc) is 3.32. The number of anilines is 1. The summed E-state index contributed by atoms with van der Waals surface area (Å²) in [6.07, 6.45) is 0. The van der Waals surface area contributed by atoms with Crippen LogP contribution in [0.25, 0.3) is 0 Å². The Labute approximate surface area is 139 Å². The van der Waals surface area contributed by atoms with E-state index in [0.29, 0.717) is 12.1 Å². The van der Waals surface area contributed by atoms with Crippen molar-refractivity contribution in [1.29, 1.82) is 0 Å². The molecule has 5 rings (SSSR count). The van der Waals surface area contributed by atoms with Gasteiger partial charge in [-0.1, -0.05) is 54.1 Å². The van der Waals surface area contributed by atoms with Gasteiger partial charge in [-0.25, -0.2) is 0 Å². The molecular formula is C20H14ClNO. The van der Waals surface area contributed by atoms with Crippen LogP contribution >= 0.6 is 11.6 Å². The van der Waals surface area contributed by atoms with Crippen molar-refractivity contribution in [2.75, 3.05) is 4.90 Å². The number of para-hydroxylation sites is 3. The summed E-state index contributed by atoms with van der Waals surface area (Å²) in [4.78, 5) is 2.42. The summed E-state index contributed by atoms with van der Waals surface area (Å²) in [5.41, 5.74) is 3.67. The minimum atomic E-state index is 0.316. The summed E-state index contributed by atoms with van der Waals surface area (Å²) >= 11 is 6.04. The fourth-order valence-electron chi connectivity index (χ4n) is 3.55. The molecule has 1 fully saturated rings. The SMILES string of the molecule is Clc1ccc([C@@H]2[C@H]3c4ccccc4Oc4ccccc4N23)cc1. The van der Waals surface area contributed by atoms with Crippen molar-refractivity contribution in [3.05, 3.63) is 88.9 Å². The number of hydrogen-bond acceptors (Lipinski definition) is 2. The Bertz CT molecular complexity index is 839. The van der Waals surface area contributed by atoms with Gasteiger partial charge < -0.3 is 9.64 Å². The smallest absolute Gasteiger partial charge is 0.150 e. The minimum Gasteiger partial charge on any atom is -0.455 e. The van der Waals surface area contributed by atoms with E-state index >= 15 is 0 Å². The summed E-state index contributed by atoms with van der Waals surface area (Å²) in [5.74, 6) is 1.86. The Morgan fingerprint density at radius 1 is 0.739 bits per heavy atom. The Morgan fingerprint density at radius 2 is 1.43 bits per heavy atom. The van der Waals surface area contributed by atoms with E-state index in [1.807, 2.05) is 36.4 Å². The first-order valence-corrected chi connectivity index (χ1v) is 8.10. The van der Waals surface area contributed by atoms with Crippen LogP contribution in [0.5, 0.6) is 11.5 Å². The fraction of sp³-hybridized carbons (Fsp3) is 0.100. The van der Waals surface area contributed by atoms with Crippen molar-refractivity contribution in [2.45, 2.75) is 12.1 Å². The van der Waals surface area contributed by atoms with Gasteiger partial charge in [0.05, 0.1) is 17.8 Å². The number of ether oxygens (including phenoxy) is 1. The van der Waals surface area contributed by atoms with E-state index in [0.717, 1.165) is 22.2 Å². The summed E-state index contributed by atoms with van der Waals surface area (Å²) in [7, 11) is 0. The highest BCUT2D eigenvalue weighted by atomic mass is 35.5. The molecule has 0 aliphatic carbocycles. The molecule has 0 saturated carbocycles. The highest BCUT2D eigenvalue weighted by Crippen LogP contribution is 2.62. The lowest BCUT2D eigenvalue weighted by molar-refractivity contribution is 0.480. The number of rotatable bonds is 1. The van der Waals surface area contributed by atoms with Gasteiger partial charge in [0.2, 0.25) is 0 Å². The minimum absolute atomic E-state index is 0.316. The molecule has 0 bridgehead atoms. The molecule has 0 N–H and O–H groups in total. The van der Waals surface area contributed by atoms with Gasteiger partial charge in [-0.15, -0.1) is 0 Å². The second-order valence-electron chi connectivity index (χ2n) is 5.96. The van der Waals surface area contributed by atoms with E-state index in [-0.39, 0.29) is 0 Å². The first-order chi connectivity index (χ1) is 11.3. The molecule has 0 aromatic heterocycles. The molecule has 0 radical (unpaired) electrons. The molecule has 2 atom stereocenters. The maximum Gasteiger partial charge on any atom is 0.150 e. The maximum absolute atomic E-state index is 6.14. The number of halogens is 1. The van der Waals surface area contributed by atoms with Crippen LogP contribution in [0, 0.1) is 0 Å². The second-order valence-corrected chi connectivity index (χ2v) is 6.39. The molecule has 3 aromatic carbocycles. The van der Waals surface area contributed by atoms with Crippen LogP contribution in [0.2, 0.25) is 5.02 Å². The molecule has 3 heteroatoms. The van der Waals surface area contributed by atoms with Crippen LogP contribution in [0.3, 0.4) is 0 Å². The number of nitrogens with zero attached hydrogens (tertiary/aromatic N) is 1. The summed E-state index contributed by atoms with van der Waals surface area (Å²) in [6, 6.07) is 25.4. The third-order valence-electron chi connectivity index (χ3n) is 4.62. The van der Waals surface area contributed by atoms with Gasteiger partial charge in [0, 0.05) is 10.6 Å². The summed E-state index contributed by atoms with van der Waals surface area (Å²) in [6.45, 7) is 0. The molecular weight excluding hydrogens is 306 g/mol. The van der Waals surface area contributed by atoms with Crippen molar-refractivity contribution in [2.24, 2.45) is 0 Å². The molecule has 2 aliphatic rings. The molecule has 1 saturated heterocycles. The zero-order chi connectivity index (χ0) is 15.4. The molecule has 2 nitrogen and oxygen atoms in total. The van der Waals surface area contributed by atoms with Gasteiger partial charge in [-0.2, -0.15) is 0 Å². The van der Waals surface area contributed by atoms with E-state index in [1.165, 1.54) is 11.1 Å². The Hall–Kier alpha value is -2.45. The quantitative estimate of drug-likeness (QED) is 0.529. The standard InChI is InChI=1S/C20H14ClNO/c21-14-11-9-13(10-12-14)19-20-15-5-1-3-7-17(15)23-18-8-4-2-6-16(18)22(19)20/h1-12,19-20H/t19-,20-,22?/m1/s1. The van der Waals surface area contributed by atoms with Crippen LogP contribution in [0.1, 0.15) is 23.2 Å². The van der Waals surface area contributed by atoms with Gasteiger partial charge in [0.1, 0.15) is 5.75 Å². The first kappa shape index (κ1) is 13.0. The average molecular weight is 320 g/mol. The molecule has 0 spiro atoms. The van der Waals surface area contributed by atoms with Crippen LogP contribution in [0.15, 0.2) is 72.8 Å². The predicted molar refractivity (Wildman–Crippen MR) is 92.4 cm³/mol. The van der Waals surface area contributed by atoms with Crippen molar-refractivity contribution in [3.63, 3.8) is 0 Å². The third-order valence-corrected chi connectivity index (χ3v) is 4.87. The van der Waals surface area contributed by atoms with Crippen LogP contribution in [-0.2, 0) is 0 Å². The zero-order valence-corrected chi connectivity index (χ0v) is 13.1. The topological polar surface area (TPSA) is 12.2 Å². The van der Waals surface area contributed by atoms with Gasteiger partial charge in [0.25, 0.3) is 0 Å². The van der Waals surface area contributed by atoms with Gasteiger partial charge >= 0.3 is 0 Å². The lowest BCUT2D eigenvalue weighted by Gasteiger charge is -2.12. The van der Waals surface area contributed by atoms with Crippen molar-refractivity contribution >= 4 is 17.3 Å². The lowest BCUT2D eigenvalue weighted by Crippen LogP contribution is -1.96. The van der Waals surface area contributed by atoms with Crippen molar-refractivity contribution < 1.29 is 4.74 Å². The van der Waals surface area contributed by atoms with E-state index in [9.17, 15) is 0 Å². The molecule has 23 heavy (non-hydrogen) atoms. The third kappa shape index (κ3) is 1.95. The molecule has 112 valence electrons. The predicted octanol–water partition coefficient (Wildman–Crippen LogP) is 5.75. The number of benzene rings is 3. The monoisotopic (exact) mass is 319 g/mol. The van der Waals surface area contributed by atoms with E-state index < -0.39 is 0 Å². The number of fused-ring (bicyclic) bond motifs is 5. The molecule has 0 unspecified atom stereocenters. The lowest BCUT2D eigenvalue weighted by atomic mass is 10.0. The summed E-state index contributed by atoms with van der Waals surface area (Å²) < 4.78 is 6.14. The highest BCUT2D eigenvalue weighted by molar-refractivity contribution is 6.30. The Balaban J connectivity index is 1.67. The zero-order valence-electron chi connectivity index (χ0n) is 12.3. The highest BCUT2D eigenvalue weighted by Gasteiger charge is 2.52. The first-order valence-electron chi connectivity index (χ1n) is 7.72. The molecule has 0 amide bonds. The van der Waals surface area contributed by atoms with Gasteiger partial charge in [-0.05, 0) is 35.9 Å². The van der Waals surface area contributed by atoms with Crippen LogP contribution in [0.4, 0.5) is 5.69 Å². The van der Waals surface area contributed by atoms with Gasteiger partial charge in [-0.3, -0.25) is 0 Å². The maximum atomic E-state index is 6.14. The molecule has 2 aliphatic heterocycles. The van der Waals surface area contributed by atoms with Crippen molar-refractivity contribution in [1.82, 2.24) is 0 Å². The normalized spacial score (nSPS) is 20.7. The van der Waals surface area contributed by atoms with Crippen LogP contribution in [-0.4, -0.2) is 0 Å².